The van der Waals surface area contributed by atoms with Crippen molar-refractivity contribution in [3.63, 3.8) is 0 Å². The van der Waals surface area contributed by atoms with Crippen molar-refractivity contribution in [2.24, 2.45) is 0 Å². The number of rotatable bonds is 2. The van der Waals surface area contributed by atoms with Crippen molar-refractivity contribution in [1.82, 2.24) is 15.0 Å². The maximum absolute atomic E-state index is 4.82. The second-order valence-corrected chi connectivity index (χ2v) is 10.5. The maximum Gasteiger partial charge on any atom is 0.159 e. The lowest BCUT2D eigenvalue weighted by Gasteiger charge is -2.16. The Kier molecular flexibility index (Phi) is 4.33. The molecule has 0 atom stereocenters. The Balaban J connectivity index is 1.46. The fraction of sp³-hybridized carbons (Fsp3) is 0. The van der Waals surface area contributed by atoms with Crippen molar-refractivity contribution >= 4 is 64.6 Å². The van der Waals surface area contributed by atoms with E-state index in [9.17, 15) is 0 Å². The van der Waals surface area contributed by atoms with Gasteiger partial charge in [0, 0.05) is 35.9 Å². The van der Waals surface area contributed by atoms with Gasteiger partial charge in [-0.3, -0.25) is 4.98 Å². The number of aromatic nitrogens is 3. The van der Waals surface area contributed by atoms with Gasteiger partial charge in [0.25, 0.3) is 0 Å². The molecule has 0 aliphatic rings. The molecule has 9 rings (SSSR count). The molecule has 7 aromatic carbocycles. The SMILES string of the molecule is c1cc2ccc3cccc4c5cc(-c6ncc(-c7ccncc7)cn6)cc6ccc7cccc(c(c1)c2c34)c7c65. The molecule has 40 heavy (non-hydrogen) atoms. The molecule has 2 aromatic heterocycles. The lowest BCUT2D eigenvalue weighted by atomic mass is 9.87. The summed E-state index contributed by atoms with van der Waals surface area (Å²) in [6.07, 6.45) is 7.39. The first-order chi connectivity index (χ1) is 19.8. The molecule has 0 amide bonds. The monoisotopic (exact) mass is 507 g/mol. The van der Waals surface area contributed by atoms with Crippen LogP contribution in [0.25, 0.3) is 87.1 Å². The molecule has 0 saturated carbocycles. The number of benzene rings is 6. The van der Waals surface area contributed by atoms with Crippen LogP contribution in [0, 0.1) is 0 Å². The van der Waals surface area contributed by atoms with Gasteiger partial charge in [0.1, 0.15) is 0 Å². The quantitative estimate of drug-likeness (QED) is 0.219. The number of hydrogen-bond acceptors (Lipinski definition) is 3. The number of hydrogen-bond donors (Lipinski definition) is 0. The maximum atomic E-state index is 4.82. The summed E-state index contributed by atoms with van der Waals surface area (Å²) < 4.78 is 0. The van der Waals surface area contributed by atoms with Crippen LogP contribution in [0.2, 0.25) is 0 Å². The highest BCUT2D eigenvalue weighted by Crippen LogP contribution is 2.44. The van der Waals surface area contributed by atoms with Crippen LogP contribution >= 0.6 is 0 Å². The van der Waals surface area contributed by atoms with Gasteiger partial charge in [0.05, 0.1) is 0 Å². The zero-order chi connectivity index (χ0) is 26.2. The summed E-state index contributed by atoms with van der Waals surface area (Å²) in [5.41, 5.74) is 3.05. The molecule has 2 heterocycles. The van der Waals surface area contributed by atoms with E-state index in [0.717, 1.165) is 22.5 Å². The summed E-state index contributed by atoms with van der Waals surface area (Å²) >= 11 is 0. The normalized spacial score (nSPS) is 12.0. The minimum Gasteiger partial charge on any atom is -0.265 e. The van der Waals surface area contributed by atoms with Gasteiger partial charge >= 0.3 is 0 Å². The Morgan fingerprint density at radius 3 is 1.45 bits per heavy atom. The van der Waals surface area contributed by atoms with Crippen LogP contribution < -0.4 is 0 Å². The van der Waals surface area contributed by atoms with E-state index in [1.807, 2.05) is 24.5 Å². The molecule has 0 aliphatic carbocycles. The van der Waals surface area contributed by atoms with Gasteiger partial charge in [0.2, 0.25) is 0 Å². The Bertz CT molecular complexity index is 2400. The minimum atomic E-state index is 0.720. The average Bonchev–Trinajstić information content (AvgIpc) is 3.03. The lowest BCUT2D eigenvalue weighted by molar-refractivity contribution is 1.18. The Hall–Kier alpha value is -5.41. The van der Waals surface area contributed by atoms with E-state index in [1.165, 1.54) is 64.6 Å². The molecule has 0 N–H and O–H groups in total. The third-order valence-corrected chi connectivity index (χ3v) is 8.35. The van der Waals surface area contributed by atoms with Crippen LogP contribution in [0.4, 0.5) is 0 Å². The number of pyridine rings is 1. The van der Waals surface area contributed by atoms with Crippen molar-refractivity contribution < 1.29 is 0 Å². The highest BCUT2D eigenvalue weighted by atomic mass is 14.9. The van der Waals surface area contributed by atoms with Gasteiger partial charge < -0.3 is 0 Å². The summed E-state index contributed by atoms with van der Waals surface area (Å²) in [5.74, 6) is 0.720. The van der Waals surface area contributed by atoms with Crippen molar-refractivity contribution in [3.8, 4) is 22.5 Å². The highest BCUT2D eigenvalue weighted by Gasteiger charge is 2.16. The molecular formula is C37H21N3. The van der Waals surface area contributed by atoms with Gasteiger partial charge in [-0.2, -0.15) is 0 Å². The topological polar surface area (TPSA) is 38.7 Å². The van der Waals surface area contributed by atoms with E-state index in [2.05, 4.69) is 96.0 Å². The fourth-order valence-corrected chi connectivity index (χ4v) is 6.58. The average molecular weight is 508 g/mol. The van der Waals surface area contributed by atoms with E-state index in [4.69, 9.17) is 9.97 Å². The summed E-state index contributed by atoms with van der Waals surface area (Å²) in [6.45, 7) is 0. The van der Waals surface area contributed by atoms with E-state index in [1.54, 1.807) is 12.4 Å². The smallest absolute Gasteiger partial charge is 0.159 e. The van der Waals surface area contributed by atoms with Gasteiger partial charge in [-0.25, -0.2) is 9.97 Å². The van der Waals surface area contributed by atoms with E-state index >= 15 is 0 Å². The molecule has 0 spiro atoms. The first kappa shape index (κ1) is 21.5. The van der Waals surface area contributed by atoms with Crippen LogP contribution in [0.5, 0.6) is 0 Å². The van der Waals surface area contributed by atoms with Crippen LogP contribution in [-0.2, 0) is 0 Å². The van der Waals surface area contributed by atoms with Gasteiger partial charge in [-0.15, -0.1) is 0 Å². The summed E-state index contributed by atoms with van der Waals surface area (Å²) in [6, 6.07) is 37.6. The fourth-order valence-electron chi connectivity index (χ4n) is 6.58. The van der Waals surface area contributed by atoms with E-state index < -0.39 is 0 Å². The van der Waals surface area contributed by atoms with Crippen molar-refractivity contribution in [2.75, 3.05) is 0 Å². The Labute approximate surface area is 229 Å². The number of fused-ring (bicyclic) bond motifs is 2. The van der Waals surface area contributed by atoms with Crippen LogP contribution in [0.1, 0.15) is 0 Å². The molecule has 0 unspecified atom stereocenters. The first-order valence-electron chi connectivity index (χ1n) is 13.5. The predicted molar refractivity (Wildman–Crippen MR) is 167 cm³/mol. The standard InChI is InChI=1S/C37H21N3/c1-4-23-10-11-24-6-3-9-31-32-19-27(37-39-20-28(21-40-37)22-14-16-38-17-15-22)18-26-13-12-25-5-2-8-30(34(25)36(26)32)29(7-1)33(23)35(24)31/h1-21H. The Morgan fingerprint density at radius 2 is 0.875 bits per heavy atom. The zero-order valence-corrected chi connectivity index (χ0v) is 21.5. The van der Waals surface area contributed by atoms with Crippen molar-refractivity contribution in [2.45, 2.75) is 0 Å². The molecule has 0 aliphatic heterocycles. The first-order valence-corrected chi connectivity index (χ1v) is 13.5. The zero-order valence-electron chi connectivity index (χ0n) is 21.5. The lowest BCUT2D eigenvalue weighted by Crippen LogP contribution is -1.92. The molecule has 3 heteroatoms. The van der Waals surface area contributed by atoms with Crippen molar-refractivity contribution in [3.05, 3.63) is 128 Å². The summed E-state index contributed by atoms with van der Waals surface area (Å²) in [5, 5.41) is 15.2. The molecule has 0 fully saturated rings. The second-order valence-electron chi connectivity index (χ2n) is 10.5. The molecule has 0 bridgehead atoms. The van der Waals surface area contributed by atoms with Gasteiger partial charge in [-0.1, -0.05) is 78.9 Å². The molecule has 184 valence electrons. The molecule has 3 nitrogen and oxygen atoms in total. The van der Waals surface area contributed by atoms with Crippen LogP contribution in [0.3, 0.4) is 0 Å². The summed E-state index contributed by atoms with van der Waals surface area (Å²) in [7, 11) is 0. The predicted octanol–water partition coefficient (Wildman–Crippen LogP) is 9.56. The minimum absolute atomic E-state index is 0.720. The van der Waals surface area contributed by atoms with E-state index in [-0.39, 0.29) is 0 Å². The van der Waals surface area contributed by atoms with Crippen molar-refractivity contribution in [1.29, 1.82) is 0 Å². The largest absolute Gasteiger partial charge is 0.265 e. The van der Waals surface area contributed by atoms with Crippen LogP contribution in [0.15, 0.2) is 128 Å². The summed E-state index contributed by atoms with van der Waals surface area (Å²) in [4.78, 5) is 13.8. The molecule has 9 aromatic rings. The van der Waals surface area contributed by atoms with Gasteiger partial charge in [-0.05, 0) is 94.5 Å². The molecule has 0 radical (unpaired) electrons. The third-order valence-electron chi connectivity index (χ3n) is 8.35. The van der Waals surface area contributed by atoms with E-state index in [0.29, 0.717) is 0 Å². The van der Waals surface area contributed by atoms with Crippen LogP contribution in [-0.4, -0.2) is 15.0 Å². The molecular weight excluding hydrogens is 486 g/mol. The number of nitrogens with zero attached hydrogens (tertiary/aromatic N) is 3. The molecule has 0 saturated heterocycles. The highest BCUT2D eigenvalue weighted by molar-refractivity contribution is 6.37. The third kappa shape index (κ3) is 2.97. The van der Waals surface area contributed by atoms with Gasteiger partial charge in [0.15, 0.2) is 5.82 Å². The Morgan fingerprint density at radius 1 is 0.375 bits per heavy atom. The second kappa shape index (κ2) is 8.05.